The molecule has 2 fully saturated rings. The number of nitrogens with zero attached hydrogens (tertiary/aromatic N) is 1. The van der Waals surface area contributed by atoms with E-state index < -0.39 is 11.4 Å². The number of carbonyl (C=O) groups is 2. The van der Waals surface area contributed by atoms with Gasteiger partial charge < -0.3 is 19.5 Å². The fourth-order valence-corrected chi connectivity index (χ4v) is 3.14. The van der Waals surface area contributed by atoms with Crippen molar-refractivity contribution in [2.45, 2.75) is 19.3 Å². The number of fused-ring (bicyclic) bond motifs is 1. The van der Waals surface area contributed by atoms with Crippen LogP contribution >= 0.6 is 0 Å². The van der Waals surface area contributed by atoms with Gasteiger partial charge in [-0.2, -0.15) is 0 Å². The molecule has 1 N–H and O–H groups in total. The van der Waals surface area contributed by atoms with Gasteiger partial charge in [0.15, 0.2) is 0 Å². The van der Waals surface area contributed by atoms with Crippen molar-refractivity contribution in [3.05, 3.63) is 12.7 Å². The lowest BCUT2D eigenvalue weighted by molar-refractivity contribution is -0.157. The first-order valence-corrected chi connectivity index (χ1v) is 7.37. The zero-order valence-corrected chi connectivity index (χ0v) is 12.3. The molecule has 6 heteroatoms. The van der Waals surface area contributed by atoms with Crippen LogP contribution in [0.25, 0.3) is 0 Å². The Morgan fingerprint density at radius 2 is 2.33 bits per heavy atom. The molecule has 0 aromatic rings. The van der Waals surface area contributed by atoms with Crippen LogP contribution in [0, 0.1) is 11.3 Å². The Morgan fingerprint density at radius 3 is 3.00 bits per heavy atom. The summed E-state index contributed by atoms with van der Waals surface area (Å²) in [5, 5.41) is 9.55. The summed E-state index contributed by atoms with van der Waals surface area (Å²) in [5.41, 5.74) is -0.812. The van der Waals surface area contributed by atoms with Crippen LogP contribution in [-0.2, 0) is 19.1 Å². The highest BCUT2D eigenvalue weighted by Crippen LogP contribution is 2.42. The summed E-state index contributed by atoms with van der Waals surface area (Å²) in [5.74, 6) is -0.891. The summed E-state index contributed by atoms with van der Waals surface area (Å²) in [7, 11) is 0. The summed E-state index contributed by atoms with van der Waals surface area (Å²) < 4.78 is 10.6. The zero-order chi connectivity index (χ0) is 15.3. The van der Waals surface area contributed by atoms with Crippen molar-refractivity contribution in [2.75, 3.05) is 39.5 Å². The highest BCUT2D eigenvalue weighted by molar-refractivity contribution is 5.81. The number of aliphatic carboxylic acids is 1. The Labute approximate surface area is 124 Å². The number of amides is 1. The molecule has 21 heavy (non-hydrogen) atoms. The van der Waals surface area contributed by atoms with E-state index in [4.69, 9.17) is 9.47 Å². The number of carboxylic acids is 1. The van der Waals surface area contributed by atoms with Crippen molar-refractivity contribution in [3.8, 4) is 0 Å². The third-order valence-electron chi connectivity index (χ3n) is 4.40. The molecule has 0 aromatic carbocycles. The van der Waals surface area contributed by atoms with Crippen LogP contribution in [0.2, 0.25) is 0 Å². The standard InChI is InChI=1S/C15H23NO5/c1-2-6-20-7-3-4-13(17)16-9-12-10-21-8-5-15(12,11-16)14(18)19/h2,12H,1,3-11H2,(H,18,19)/t12-,15+/m0/s1. The summed E-state index contributed by atoms with van der Waals surface area (Å²) in [6, 6.07) is 0. The third-order valence-corrected chi connectivity index (χ3v) is 4.40. The van der Waals surface area contributed by atoms with E-state index in [1.807, 2.05) is 0 Å². The normalized spacial score (nSPS) is 28.2. The summed E-state index contributed by atoms with van der Waals surface area (Å²) in [6.07, 6.45) is 3.19. The van der Waals surface area contributed by atoms with E-state index >= 15 is 0 Å². The molecular formula is C15H23NO5. The van der Waals surface area contributed by atoms with Crippen LogP contribution in [0.15, 0.2) is 12.7 Å². The van der Waals surface area contributed by atoms with Crippen LogP contribution in [0.5, 0.6) is 0 Å². The van der Waals surface area contributed by atoms with Gasteiger partial charge in [0.25, 0.3) is 0 Å². The van der Waals surface area contributed by atoms with E-state index in [2.05, 4.69) is 6.58 Å². The molecule has 0 radical (unpaired) electrons. The van der Waals surface area contributed by atoms with E-state index in [0.29, 0.717) is 58.8 Å². The molecule has 2 atom stereocenters. The first-order valence-electron chi connectivity index (χ1n) is 7.37. The van der Waals surface area contributed by atoms with Crippen LogP contribution in [0.3, 0.4) is 0 Å². The predicted octanol–water partition coefficient (Wildman–Crippen LogP) is 0.919. The van der Waals surface area contributed by atoms with Gasteiger partial charge in [-0.15, -0.1) is 6.58 Å². The molecule has 0 aliphatic carbocycles. The molecular weight excluding hydrogens is 274 g/mol. The molecule has 0 bridgehead atoms. The fraction of sp³-hybridized carbons (Fsp3) is 0.733. The average molecular weight is 297 g/mol. The monoisotopic (exact) mass is 297 g/mol. The van der Waals surface area contributed by atoms with E-state index in [-0.39, 0.29) is 11.8 Å². The number of ether oxygens (including phenoxy) is 2. The second kappa shape index (κ2) is 7.04. The van der Waals surface area contributed by atoms with Gasteiger partial charge in [0.05, 0.1) is 18.6 Å². The molecule has 1 amide bonds. The van der Waals surface area contributed by atoms with Crippen molar-refractivity contribution in [1.82, 2.24) is 4.90 Å². The second-order valence-electron chi connectivity index (χ2n) is 5.72. The average Bonchev–Trinajstić information content (AvgIpc) is 2.88. The van der Waals surface area contributed by atoms with Crippen molar-refractivity contribution < 1.29 is 24.2 Å². The minimum atomic E-state index is -0.812. The van der Waals surface area contributed by atoms with E-state index in [0.717, 1.165) is 0 Å². The molecule has 2 saturated heterocycles. The molecule has 0 saturated carbocycles. The smallest absolute Gasteiger partial charge is 0.311 e. The first kappa shape index (κ1) is 16.0. The Bertz CT molecular complexity index is 411. The van der Waals surface area contributed by atoms with Gasteiger partial charge in [0.2, 0.25) is 5.91 Å². The van der Waals surface area contributed by atoms with E-state index in [1.54, 1.807) is 11.0 Å². The number of rotatable bonds is 7. The highest BCUT2D eigenvalue weighted by atomic mass is 16.5. The first-order chi connectivity index (χ1) is 10.1. The largest absolute Gasteiger partial charge is 0.481 e. The number of hydrogen-bond donors (Lipinski definition) is 1. The summed E-state index contributed by atoms with van der Waals surface area (Å²) in [6.45, 7) is 6.24. The molecule has 118 valence electrons. The molecule has 2 heterocycles. The van der Waals surface area contributed by atoms with E-state index in [9.17, 15) is 14.7 Å². The minimum Gasteiger partial charge on any atom is -0.481 e. The lowest BCUT2D eigenvalue weighted by Gasteiger charge is -2.33. The molecule has 2 rings (SSSR count). The maximum absolute atomic E-state index is 12.2. The van der Waals surface area contributed by atoms with Gasteiger partial charge in [-0.3, -0.25) is 9.59 Å². The van der Waals surface area contributed by atoms with Crippen molar-refractivity contribution >= 4 is 11.9 Å². The fourth-order valence-electron chi connectivity index (χ4n) is 3.14. The third kappa shape index (κ3) is 3.44. The van der Waals surface area contributed by atoms with Crippen LogP contribution in [-0.4, -0.2) is 61.4 Å². The van der Waals surface area contributed by atoms with Crippen molar-refractivity contribution in [2.24, 2.45) is 11.3 Å². The quantitative estimate of drug-likeness (QED) is 0.558. The lowest BCUT2D eigenvalue weighted by atomic mass is 9.74. The predicted molar refractivity (Wildman–Crippen MR) is 75.8 cm³/mol. The number of carbonyl (C=O) groups excluding carboxylic acids is 1. The number of carboxylic acid groups (broad SMARTS) is 1. The lowest BCUT2D eigenvalue weighted by Crippen LogP contribution is -2.45. The molecule has 2 aliphatic rings. The van der Waals surface area contributed by atoms with E-state index in [1.165, 1.54) is 0 Å². The van der Waals surface area contributed by atoms with Gasteiger partial charge in [0.1, 0.15) is 0 Å². The maximum Gasteiger partial charge on any atom is 0.311 e. The highest BCUT2D eigenvalue weighted by Gasteiger charge is 2.54. The van der Waals surface area contributed by atoms with Gasteiger partial charge in [-0.1, -0.05) is 6.08 Å². The topological polar surface area (TPSA) is 76.1 Å². The molecule has 0 unspecified atom stereocenters. The minimum absolute atomic E-state index is 0.00669. The Kier molecular flexibility index (Phi) is 5.36. The SMILES string of the molecule is C=CCOCCCC(=O)N1C[C@H]2COCC[C@@]2(C(=O)O)C1. The van der Waals surface area contributed by atoms with Gasteiger partial charge >= 0.3 is 5.97 Å². The zero-order valence-electron chi connectivity index (χ0n) is 12.3. The maximum atomic E-state index is 12.2. The Hall–Kier alpha value is -1.40. The van der Waals surface area contributed by atoms with Crippen LogP contribution in [0.4, 0.5) is 0 Å². The number of likely N-dealkylation sites (tertiary alicyclic amines) is 1. The van der Waals surface area contributed by atoms with Gasteiger partial charge in [-0.05, 0) is 12.8 Å². The molecule has 0 spiro atoms. The van der Waals surface area contributed by atoms with Gasteiger partial charge in [0, 0.05) is 38.6 Å². The van der Waals surface area contributed by atoms with Gasteiger partial charge in [-0.25, -0.2) is 0 Å². The molecule has 2 aliphatic heterocycles. The van der Waals surface area contributed by atoms with Crippen molar-refractivity contribution in [3.63, 3.8) is 0 Å². The summed E-state index contributed by atoms with van der Waals surface area (Å²) >= 11 is 0. The van der Waals surface area contributed by atoms with Crippen LogP contribution < -0.4 is 0 Å². The second-order valence-corrected chi connectivity index (χ2v) is 5.72. The Morgan fingerprint density at radius 1 is 1.52 bits per heavy atom. The number of hydrogen-bond acceptors (Lipinski definition) is 4. The Balaban J connectivity index is 1.86. The van der Waals surface area contributed by atoms with Crippen LogP contribution in [0.1, 0.15) is 19.3 Å². The molecule has 0 aromatic heterocycles. The molecule has 6 nitrogen and oxygen atoms in total. The summed E-state index contributed by atoms with van der Waals surface area (Å²) in [4.78, 5) is 25.5. The van der Waals surface area contributed by atoms with Crippen molar-refractivity contribution in [1.29, 1.82) is 0 Å².